The molecule has 3 N–H and O–H groups in total. The molecule has 0 bridgehead atoms. The molecule has 2 aromatic heterocycles. The number of benzene rings is 1. The molecule has 2 fully saturated rings. The predicted molar refractivity (Wildman–Crippen MR) is 117 cm³/mol. The summed E-state index contributed by atoms with van der Waals surface area (Å²) >= 11 is 0. The van der Waals surface area contributed by atoms with Crippen LogP contribution in [-0.2, 0) is 18.3 Å². The second-order valence-corrected chi connectivity index (χ2v) is 8.61. The molecule has 2 unspecified atom stereocenters. The quantitative estimate of drug-likeness (QED) is 0.645. The highest BCUT2D eigenvalue weighted by Gasteiger charge is 2.60. The van der Waals surface area contributed by atoms with Crippen molar-refractivity contribution in [3.8, 4) is 17.1 Å². The molecule has 2 atom stereocenters. The predicted octanol–water partition coefficient (Wildman–Crippen LogP) is 1.60. The highest BCUT2D eigenvalue weighted by atomic mass is 16.5. The molecule has 2 aliphatic rings. The highest BCUT2D eigenvalue weighted by Crippen LogP contribution is 2.58. The number of nitrogens with two attached hydrogens (primary N) is 1. The van der Waals surface area contributed by atoms with Gasteiger partial charge in [0.1, 0.15) is 17.1 Å². The highest BCUT2D eigenvalue weighted by molar-refractivity contribution is 5.82. The van der Waals surface area contributed by atoms with Crippen LogP contribution < -0.4 is 20.9 Å². The van der Waals surface area contributed by atoms with Crippen LogP contribution in [0.2, 0.25) is 0 Å². The first-order valence-electron chi connectivity index (χ1n) is 10.6. The number of aromatic amines is 1. The minimum Gasteiger partial charge on any atom is -0.496 e. The summed E-state index contributed by atoms with van der Waals surface area (Å²) in [6, 6.07) is 5.88. The number of amides is 1. The largest absolute Gasteiger partial charge is 0.496 e. The lowest BCUT2D eigenvalue weighted by atomic mass is 10.0. The number of methoxy groups -OCH3 is 1. The van der Waals surface area contributed by atoms with Gasteiger partial charge in [0.05, 0.1) is 18.4 Å². The van der Waals surface area contributed by atoms with Gasteiger partial charge in [0.15, 0.2) is 5.52 Å². The Hall–Kier alpha value is -3.36. The zero-order chi connectivity index (χ0) is 21.9. The van der Waals surface area contributed by atoms with Gasteiger partial charge in [0.2, 0.25) is 5.91 Å². The molecule has 1 saturated heterocycles. The fraction of sp³-hybridized carbons (Fsp3) is 0.455. The summed E-state index contributed by atoms with van der Waals surface area (Å²) in [5.74, 6) is 0.863. The van der Waals surface area contributed by atoms with Crippen molar-refractivity contribution in [1.82, 2.24) is 19.7 Å². The zero-order valence-corrected chi connectivity index (χ0v) is 17.9. The van der Waals surface area contributed by atoms with E-state index in [9.17, 15) is 9.59 Å². The van der Waals surface area contributed by atoms with Crippen LogP contribution in [0.5, 0.6) is 5.75 Å². The van der Waals surface area contributed by atoms with E-state index in [4.69, 9.17) is 15.5 Å². The maximum atomic E-state index is 12.8. The van der Waals surface area contributed by atoms with E-state index in [1.165, 1.54) is 0 Å². The van der Waals surface area contributed by atoms with Crippen molar-refractivity contribution in [2.24, 2.45) is 24.1 Å². The minimum atomic E-state index is -0.232. The van der Waals surface area contributed by atoms with Gasteiger partial charge in [-0.3, -0.25) is 14.3 Å². The summed E-state index contributed by atoms with van der Waals surface area (Å²) in [4.78, 5) is 34.3. The molecule has 1 aliphatic heterocycles. The van der Waals surface area contributed by atoms with Gasteiger partial charge in [0, 0.05) is 37.2 Å². The first-order chi connectivity index (χ1) is 14.9. The van der Waals surface area contributed by atoms with Crippen molar-refractivity contribution >= 4 is 22.6 Å². The van der Waals surface area contributed by atoms with Crippen molar-refractivity contribution in [2.75, 3.05) is 25.1 Å². The molecule has 1 saturated carbocycles. The lowest BCUT2D eigenvalue weighted by Crippen LogP contribution is -2.23. The number of ether oxygens (including phenoxy) is 1. The second kappa shape index (κ2) is 6.83. The number of aryl methyl sites for hydroxylation is 2. The normalized spacial score (nSPS) is 22.4. The Kier molecular flexibility index (Phi) is 4.32. The molecule has 1 aromatic carbocycles. The Morgan fingerprint density at radius 3 is 2.90 bits per heavy atom. The van der Waals surface area contributed by atoms with E-state index in [0.717, 1.165) is 37.3 Å². The molecule has 5 rings (SSSR count). The molecule has 1 aliphatic carbocycles. The molecule has 9 nitrogen and oxygen atoms in total. The topological polar surface area (TPSA) is 119 Å². The zero-order valence-electron chi connectivity index (χ0n) is 17.9. The van der Waals surface area contributed by atoms with Gasteiger partial charge in [0.25, 0.3) is 5.56 Å². The summed E-state index contributed by atoms with van der Waals surface area (Å²) in [5.41, 5.74) is 8.90. The van der Waals surface area contributed by atoms with Gasteiger partial charge in [-0.2, -0.15) is 5.10 Å². The van der Waals surface area contributed by atoms with Gasteiger partial charge >= 0.3 is 0 Å². The van der Waals surface area contributed by atoms with Crippen molar-refractivity contribution in [3.05, 3.63) is 34.2 Å². The van der Waals surface area contributed by atoms with Crippen molar-refractivity contribution in [1.29, 1.82) is 0 Å². The number of primary amides is 1. The first-order valence-corrected chi connectivity index (χ1v) is 10.6. The van der Waals surface area contributed by atoms with Crippen LogP contribution in [0.25, 0.3) is 22.4 Å². The molecule has 0 radical (unpaired) electrons. The van der Waals surface area contributed by atoms with Crippen LogP contribution in [-0.4, -0.2) is 45.9 Å². The number of aromatic nitrogens is 4. The number of hydrogen-bond acceptors (Lipinski definition) is 6. The number of nitrogens with one attached hydrogen (secondary N) is 1. The lowest BCUT2D eigenvalue weighted by molar-refractivity contribution is -0.119. The Labute approximate surface area is 179 Å². The Balaban J connectivity index is 1.56. The van der Waals surface area contributed by atoms with Crippen molar-refractivity contribution in [2.45, 2.75) is 26.2 Å². The molecule has 1 amide bonds. The SMILES string of the molecule is CCc1nn(C)c2c(=O)[nH]c(-c3cc(N4CCC5(CC5C(N)=O)C4)ccc3OC)nc12. The van der Waals surface area contributed by atoms with E-state index in [1.807, 2.05) is 25.1 Å². The third-order valence-electron chi connectivity index (χ3n) is 6.82. The smallest absolute Gasteiger partial charge is 0.277 e. The van der Waals surface area contributed by atoms with Gasteiger partial charge in [-0.05, 0) is 37.5 Å². The minimum absolute atomic E-state index is 0.0170. The maximum Gasteiger partial charge on any atom is 0.277 e. The maximum absolute atomic E-state index is 12.8. The third-order valence-corrected chi connectivity index (χ3v) is 6.82. The second-order valence-electron chi connectivity index (χ2n) is 8.61. The van der Waals surface area contributed by atoms with Gasteiger partial charge in [-0.25, -0.2) is 4.98 Å². The summed E-state index contributed by atoms with van der Waals surface area (Å²) in [7, 11) is 3.35. The van der Waals surface area contributed by atoms with Crippen LogP contribution in [0.1, 0.15) is 25.5 Å². The van der Waals surface area contributed by atoms with Crippen LogP contribution in [0.15, 0.2) is 23.0 Å². The number of carbonyl (C=O) groups excluding carboxylic acids is 1. The third kappa shape index (κ3) is 2.98. The monoisotopic (exact) mass is 422 g/mol. The first kappa shape index (κ1) is 19.6. The molecule has 162 valence electrons. The number of fused-ring (bicyclic) bond motifs is 1. The van der Waals surface area contributed by atoms with E-state index < -0.39 is 0 Å². The van der Waals surface area contributed by atoms with E-state index in [1.54, 1.807) is 18.8 Å². The van der Waals surface area contributed by atoms with Gasteiger partial charge in [-0.15, -0.1) is 0 Å². The number of H-pyrrole nitrogens is 1. The fourth-order valence-corrected chi connectivity index (χ4v) is 5.01. The van der Waals surface area contributed by atoms with Gasteiger partial charge < -0.3 is 20.4 Å². The Morgan fingerprint density at radius 2 is 2.23 bits per heavy atom. The van der Waals surface area contributed by atoms with Crippen molar-refractivity contribution < 1.29 is 9.53 Å². The molecular formula is C22H26N6O3. The van der Waals surface area contributed by atoms with E-state index >= 15 is 0 Å². The lowest BCUT2D eigenvalue weighted by Gasteiger charge is -2.20. The van der Waals surface area contributed by atoms with Crippen LogP contribution in [0, 0.1) is 11.3 Å². The Morgan fingerprint density at radius 1 is 1.42 bits per heavy atom. The average molecular weight is 422 g/mol. The van der Waals surface area contributed by atoms with E-state index in [2.05, 4.69) is 15.0 Å². The van der Waals surface area contributed by atoms with Crippen LogP contribution in [0.3, 0.4) is 0 Å². The van der Waals surface area contributed by atoms with E-state index in [-0.39, 0.29) is 22.8 Å². The average Bonchev–Trinajstić information content (AvgIpc) is 3.13. The summed E-state index contributed by atoms with van der Waals surface area (Å²) in [5, 5.41) is 4.43. The standard InChI is InChI=1S/C22H26N6O3/c1-4-15-17-18(27(2)26-15)21(30)25-20(24-17)13-9-12(5-6-16(13)31-3)28-8-7-22(11-28)10-14(22)19(23)29/h5-6,9,14H,4,7-8,10-11H2,1-3H3,(H2,23,29)(H,24,25,30). The Bertz CT molecular complexity index is 1260. The molecule has 3 heterocycles. The molecular weight excluding hydrogens is 396 g/mol. The van der Waals surface area contributed by atoms with E-state index in [0.29, 0.717) is 34.6 Å². The fourth-order valence-electron chi connectivity index (χ4n) is 5.01. The van der Waals surface area contributed by atoms with Gasteiger partial charge in [-0.1, -0.05) is 6.92 Å². The molecule has 31 heavy (non-hydrogen) atoms. The number of rotatable bonds is 5. The summed E-state index contributed by atoms with van der Waals surface area (Å²) in [6.07, 6.45) is 2.51. The molecule has 1 spiro atoms. The molecule has 9 heteroatoms. The van der Waals surface area contributed by atoms with Crippen LogP contribution >= 0.6 is 0 Å². The summed E-state index contributed by atoms with van der Waals surface area (Å²) in [6.45, 7) is 3.66. The number of carbonyl (C=O) groups is 1. The summed E-state index contributed by atoms with van der Waals surface area (Å²) < 4.78 is 7.15. The molecule has 3 aromatic rings. The number of hydrogen-bond donors (Lipinski definition) is 2. The van der Waals surface area contributed by atoms with Crippen molar-refractivity contribution in [3.63, 3.8) is 0 Å². The number of anilines is 1. The van der Waals surface area contributed by atoms with Crippen LogP contribution in [0.4, 0.5) is 5.69 Å². The number of nitrogens with zero attached hydrogens (tertiary/aromatic N) is 4.